The van der Waals surface area contributed by atoms with Gasteiger partial charge in [0.2, 0.25) is 10.0 Å². The minimum absolute atomic E-state index is 0.352. The van der Waals surface area contributed by atoms with Gasteiger partial charge in [-0.3, -0.25) is 9.71 Å². The summed E-state index contributed by atoms with van der Waals surface area (Å²) < 4.78 is 66.2. The number of pyridine rings is 1. The molecule has 0 saturated carbocycles. The molecule has 0 saturated heterocycles. The van der Waals surface area contributed by atoms with Gasteiger partial charge in [-0.25, -0.2) is 8.42 Å². The fourth-order valence-electron chi connectivity index (χ4n) is 2.77. The van der Waals surface area contributed by atoms with Gasteiger partial charge in [-0.2, -0.15) is 13.2 Å². The first-order valence-electron chi connectivity index (χ1n) is 8.58. The number of sulfonamides is 1. The number of alkyl halides is 3. The van der Waals surface area contributed by atoms with Crippen LogP contribution >= 0.6 is 0 Å². The van der Waals surface area contributed by atoms with Crippen molar-refractivity contribution in [2.24, 2.45) is 0 Å². The number of benzene rings is 2. The second-order valence-electron chi connectivity index (χ2n) is 6.82. The van der Waals surface area contributed by atoms with Gasteiger partial charge in [0.1, 0.15) is 0 Å². The maximum Gasteiger partial charge on any atom is 0.416 e. The van der Waals surface area contributed by atoms with Gasteiger partial charge in [0.15, 0.2) is 0 Å². The van der Waals surface area contributed by atoms with E-state index in [1.165, 1.54) is 6.07 Å². The highest BCUT2D eigenvalue weighted by atomic mass is 32.2. The lowest BCUT2D eigenvalue weighted by Crippen LogP contribution is -2.22. The lowest BCUT2D eigenvalue weighted by atomic mass is 10.0. The Labute approximate surface area is 161 Å². The Balaban J connectivity index is 2.16. The van der Waals surface area contributed by atoms with E-state index < -0.39 is 27.0 Å². The predicted molar refractivity (Wildman–Crippen MR) is 105 cm³/mol. The third-order valence-corrected chi connectivity index (χ3v) is 6.08. The van der Waals surface area contributed by atoms with Crippen LogP contribution in [0.1, 0.15) is 25.1 Å². The molecule has 28 heavy (non-hydrogen) atoms. The Hall–Kier alpha value is -2.61. The van der Waals surface area contributed by atoms with E-state index in [1.807, 2.05) is 0 Å². The Morgan fingerprint density at radius 1 is 1.00 bits per heavy atom. The normalized spacial score (nSPS) is 12.5. The van der Waals surface area contributed by atoms with Gasteiger partial charge < -0.3 is 0 Å². The number of halogens is 3. The highest BCUT2D eigenvalue weighted by Crippen LogP contribution is 2.34. The van der Waals surface area contributed by atoms with Crippen LogP contribution in [-0.4, -0.2) is 18.7 Å². The summed E-state index contributed by atoms with van der Waals surface area (Å²) in [7, 11) is -3.59. The molecule has 2 aromatic carbocycles. The molecule has 148 valence electrons. The highest BCUT2D eigenvalue weighted by molar-refractivity contribution is 7.93. The van der Waals surface area contributed by atoms with Crippen LogP contribution in [-0.2, 0) is 16.2 Å². The molecular formula is C20H19F3N2O2S. The van der Waals surface area contributed by atoms with Crippen molar-refractivity contribution in [3.05, 3.63) is 59.8 Å². The maximum atomic E-state index is 13.0. The first kappa shape index (κ1) is 20.1. The van der Waals surface area contributed by atoms with E-state index in [-0.39, 0.29) is 0 Å². The van der Waals surface area contributed by atoms with E-state index in [0.717, 1.165) is 12.1 Å². The van der Waals surface area contributed by atoms with Crippen LogP contribution in [0.5, 0.6) is 0 Å². The molecule has 4 nitrogen and oxygen atoms in total. The van der Waals surface area contributed by atoms with E-state index in [0.29, 0.717) is 33.4 Å². The van der Waals surface area contributed by atoms with Gasteiger partial charge in [-0.1, -0.05) is 18.2 Å². The molecule has 0 aliphatic carbocycles. The van der Waals surface area contributed by atoms with Crippen LogP contribution in [0.2, 0.25) is 0 Å². The number of anilines is 1. The second kappa shape index (κ2) is 7.09. The van der Waals surface area contributed by atoms with Crippen LogP contribution in [0.25, 0.3) is 22.0 Å². The zero-order valence-corrected chi connectivity index (χ0v) is 16.3. The number of hydrogen-bond donors (Lipinski definition) is 1. The fourth-order valence-corrected chi connectivity index (χ4v) is 3.48. The van der Waals surface area contributed by atoms with Crippen LogP contribution in [0, 0.1) is 6.92 Å². The Morgan fingerprint density at radius 3 is 2.32 bits per heavy atom. The van der Waals surface area contributed by atoms with E-state index in [9.17, 15) is 21.6 Å². The van der Waals surface area contributed by atoms with Crippen LogP contribution in [0.4, 0.5) is 18.9 Å². The summed E-state index contributed by atoms with van der Waals surface area (Å²) in [6.07, 6.45) is -4.44. The molecule has 0 fully saturated rings. The summed E-state index contributed by atoms with van der Waals surface area (Å²) in [5.74, 6) is 0. The molecule has 0 spiro atoms. The minimum Gasteiger partial charge on any atom is -0.283 e. The molecule has 8 heteroatoms. The number of fused-ring (bicyclic) bond motifs is 1. The second-order valence-corrected chi connectivity index (χ2v) is 9.05. The third kappa shape index (κ3) is 4.11. The molecule has 0 unspecified atom stereocenters. The van der Waals surface area contributed by atoms with Gasteiger partial charge in [0.25, 0.3) is 0 Å². The topological polar surface area (TPSA) is 59.1 Å². The molecule has 3 aromatic rings. The van der Waals surface area contributed by atoms with Crippen molar-refractivity contribution in [1.29, 1.82) is 0 Å². The summed E-state index contributed by atoms with van der Waals surface area (Å²) in [6.45, 7) is 4.87. The van der Waals surface area contributed by atoms with Crippen molar-refractivity contribution in [1.82, 2.24) is 4.98 Å². The lowest BCUT2D eigenvalue weighted by Gasteiger charge is -2.15. The predicted octanol–water partition coefficient (Wildman–Crippen LogP) is 5.38. The molecule has 1 heterocycles. The van der Waals surface area contributed by atoms with E-state index in [2.05, 4.69) is 9.71 Å². The van der Waals surface area contributed by atoms with Crippen molar-refractivity contribution in [3.63, 3.8) is 0 Å². The monoisotopic (exact) mass is 408 g/mol. The molecule has 0 radical (unpaired) electrons. The molecular weight excluding hydrogens is 389 g/mol. The van der Waals surface area contributed by atoms with E-state index in [1.54, 1.807) is 51.1 Å². The number of aryl methyl sites for hydroxylation is 1. The zero-order valence-electron chi connectivity index (χ0n) is 15.5. The van der Waals surface area contributed by atoms with Gasteiger partial charge in [0, 0.05) is 11.1 Å². The smallest absolute Gasteiger partial charge is 0.283 e. The quantitative estimate of drug-likeness (QED) is 0.631. The molecule has 0 amide bonds. The number of hydrogen-bond acceptors (Lipinski definition) is 3. The molecule has 3 rings (SSSR count). The minimum atomic E-state index is -4.44. The van der Waals surface area contributed by atoms with Crippen molar-refractivity contribution in [2.45, 2.75) is 32.2 Å². The van der Waals surface area contributed by atoms with Crippen molar-refractivity contribution in [3.8, 4) is 11.1 Å². The van der Waals surface area contributed by atoms with Crippen LogP contribution in [0.15, 0.2) is 48.5 Å². The first-order valence-corrected chi connectivity index (χ1v) is 10.1. The lowest BCUT2D eigenvalue weighted by molar-refractivity contribution is -0.137. The SMILES string of the molecule is Cc1cc(NS(=O)(=O)C(C)C)c2cc(-c3cccc(C(F)(F)F)c3)ccc2n1. The molecule has 1 N–H and O–H groups in total. The van der Waals surface area contributed by atoms with Gasteiger partial charge in [0.05, 0.1) is 22.0 Å². The number of nitrogens with one attached hydrogen (secondary N) is 1. The summed E-state index contributed by atoms with van der Waals surface area (Å²) in [4.78, 5) is 4.39. The van der Waals surface area contributed by atoms with E-state index >= 15 is 0 Å². The summed E-state index contributed by atoms with van der Waals surface area (Å²) in [5, 5.41) is -0.118. The maximum absolute atomic E-state index is 13.0. The van der Waals surface area contributed by atoms with E-state index in [4.69, 9.17) is 0 Å². The summed E-state index contributed by atoms with van der Waals surface area (Å²) in [5.41, 5.74) is 1.71. The van der Waals surface area contributed by atoms with Gasteiger partial charge in [-0.05, 0) is 62.2 Å². The first-order chi connectivity index (χ1) is 13.0. The molecule has 0 bridgehead atoms. The molecule has 0 aliphatic heterocycles. The Kier molecular flexibility index (Phi) is 5.10. The molecule has 0 aliphatic rings. The highest BCUT2D eigenvalue weighted by Gasteiger charge is 2.30. The summed E-state index contributed by atoms with van der Waals surface area (Å²) >= 11 is 0. The average Bonchev–Trinajstić information content (AvgIpc) is 2.60. The van der Waals surface area contributed by atoms with Gasteiger partial charge >= 0.3 is 6.18 Å². The molecule has 0 atom stereocenters. The van der Waals surface area contributed by atoms with Crippen LogP contribution in [0.3, 0.4) is 0 Å². The van der Waals surface area contributed by atoms with Crippen molar-refractivity contribution >= 4 is 26.6 Å². The summed E-state index contributed by atoms with van der Waals surface area (Å²) in [6, 6.07) is 11.6. The van der Waals surface area contributed by atoms with Crippen molar-refractivity contribution in [2.75, 3.05) is 4.72 Å². The number of aromatic nitrogens is 1. The number of nitrogens with zero attached hydrogens (tertiary/aromatic N) is 1. The zero-order chi connectivity index (χ0) is 20.7. The van der Waals surface area contributed by atoms with Gasteiger partial charge in [-0.15, -0.1) is 0 Å². The van der Waals surface area contributed by atoms with Crippen molar-refractivity contribution < 1.29 is 21.6 Å². The number of rotatable bonds is 4. The molecule has 1 aromatic heterocycles. The largest absolute Gasteiger partial charge is 0.416 e. The fraction of sp³-hybridized carbons (Fsp3) is 0.250. The Morgan fingerprint density at radius 2 is 1.68 bits per heavy atom. The Bertz CT molecular complexity index is 1140. The standard InChI is InChI=1S/C20H19F3N2O2S/c1-12(2)28(26,27)25-19-9-13(3)24-18-8-7-15(11-17(18)19)14-5-4-6-16(10-14)20(21,22)23/h4-12H,1-3H3,(H,24,25). The average molecular weight is 408 g/mol. The van der Waals surface area contributed by atoms with Crippen LogP contribution < -0.4 is 4.72 Å². The third-order valence-electron chi connectivity index (χ3n) is 4.33.